The summed E-state index contributed by atoms with van der Waals surface area (Å²) in [4.78, 5) is 12.2. The molecule has 1 aliphatic rings. The molecule has 1 N–H and O–H groups in total. The topological polar surface area (TPSA) is 38.3 Å². The molecular formula is C16H21NO2. The van der Waals surface area contributed by atoms with Gasteiger partial charge in [0.15, 0.2) is 0 Å². The number of carbonyl (C=O) groups is 1. The fourth-order valence-electron chi connectivity index (χ4n) is 2.46. The normalized spacial score (nSPS) is 19.8. The Bertz CT molecular complexity index is 468. The van der Waals surface area contributed by atoms with Gasteiger partial charge in [0.2, 0.25) is 5.91 Å². The Kier molecular flexibility index (Phi) is 4.61. The van der Waals surface area contributed by atoms with Gasteiger partial charge in [-0.1, -0.05) is 30.4 Å². The highest BCUT2D eigenvalue weighted by Gasteiger charge is 2.21. The second kappa shape index (κ2) is 6.41. The molecular weight excluding hydrogens is 238 g/mol. The molecule has 102 valence electrons. The minimum Gasteiger partial charge on any atom is -0.496 e. The first-order valence-electron chi connectivity index (χ1n) is 6.80. The van der Waals surface area contributed by atoms with Gasteiger partial charge < -0.3 is 10.1 Å². The summed E-state index contributed by atoms with van der Waals surface area (Å²) in [6, 6.07) is 7.77. The van der Waals surface area contributed by atoms with Crippen molar-refractivity contribution >= 4 is 5.91 Å². The maximum atomic E-state index is 12.2. The third-order valence-electron chi connectivity index (χ3n) is 3.60. The molecule has 2 atom stereocenters. The number of nitrogens with one attached hydrogen (secondary N) is 1. The first kappa shape index (κ1) is 13.7. The van der Waals surface area contributed by atoms with Crippen LogP contribution in [0.5, 0.6) is 5.75 Å². The van der Waals surface area contributed by atoms with Gasteiger partial charge in [-0.3, -0.25) is 4.79 Å². The molecule has 0 spiro atoms. The standard InChI is InChI=1S/C16H21NO2/c1-12(14-10-6-7-11-15(14)19-2)17-16(18)13-8-4-3-5-9-13/h3-4,6-7,10-13H,5,8-9H2,1-2H3,(H,17,18)/t12-,13-/m1/s1. The summed E-state index contributed by atoms with van der Waals surface area (Å²) in [5.41, 5.74) is 1.02. The van der Waals surface area contributed by atoms with Gasteiger partial charge in [-0.15, -0.1) is 0 Å². The number of amides is 1. The maximum absolute atomic E-state index is 12.2. The van der Waals surface area contributed by atoms with Crippen LogP contribution in [0.15, 0.2) is 36.4 Å². The monoisotopic (exact) mass is 259 g/mol. The lowest BCUT2D eigenvalue weighted by atomic mass is 9.93. The lowest BCUT2D eigenvalue weighted by Gasteiger charge is -2.22. The zero-order chi connectivity index (χ0) is 13.7. The highest BCUT2D eigenvalue weighted by Crippen LogP contribution is 2.25. The van der Waals surface area contributed by atoms with Crippen molar-refractivity contribution in [2.24, 2.45) is 5.92 Å². The predicted molar refractivity (Wildman–Crippen MR) is 76.0 cm³/mol. The first-order chi connectivity index (χ1) is 9.22. The van der Waals surface area contributed by atoms with Crippen molar-refractivity contribution < 1.29 is 9.53 Å². The first-order valence-corrected chi connectivity index (χ1v) is 6.80. The number of para-hydroxylation sites is 1. The summed E-state index contributed by atoms with van der Waals surface area (Å²) >= 11 is 0. The Morgan fingerprint density at radius 2 is 2.16 bits per heavy atom. The van der Waals surface area contributed by atoms with E-state index in [2.05, 4.69) is 17.5 Å². The molecule has 1 aliphatic carbocycles. The van der Waals surface area contributed by atoms with Gasteiger partial charge in [-0.25, -0.2) is 0 Å². The van der Waals surface area contributed by atoms with Crippen molar-refractivity contribution in [3.8, 4) is 5.75 Å². The van der Waals surface area contributed by atoms with Crippen molar-refractivity contribution in [3.05, 3.63) is 42.0 Å². The largest absolute Gasteiger partial charge is 0.496 e. The summed E-state index contributed by atoms with van der Waals surface area (Å²) < 4.78 is 5.33. The zero-order valence-corrected chi connectivity index (χ0v) is 11.6. The van der Waals surface area contributed by atoms with Gasteiger partial charge in [0.25, 0.3) is 0 Å². The predicted octanol–water partition coefficient (Wildman–Crippen LogP) is 3.23. The molecule has 3 nitrogen and oxygen atoms in total. The summed E-state index contributed by atoms with van der Waals surface area (Å²) in [7, 11) is 1.65. The second-order valence-corrected chi connectivity index (χ2v) is 4.95. The van der Waals surface area contributed by atoms with Gasteiger partial charge in [0.1, 0.15) is 5.75 Å². The molecule has 0 unspecified atom stereocenters. The van der Waals surface area contributed by atoms with Crippen LogP contribution in [0.2, 0.25) is 0 Å². The van der Waals surface area contributed by atoms with Gasteiger partial charge in [-0.2, -0.15) is 0 Å². The highest BCUT2D eigenvalue weighted by molar-refractivity contribution is 5.79. The third kappa shape index (κ3) is 3.37. The van der Waals surface area contributed by atoms with E-state index in [4.69, 9.17) is 4.74 Å². The van der Waals surface area contributed by atoms with E-state index in [1.165, 1.54) is 0 Å². The number of benzene rings is 1. The number of hydrogen-bond donors (Lipinski definition) is 1. The van der Waals surface area contributed by atoms with Crippen LogP contribution in [0.4, 0.5) is 0 Å². The molecule has 0 saturated carbocycles. The Balaban J connectivity index is 2.02. The van der Waals surface area contributed by atoms with Crippen molar-refractivity contribution in [3.63, 3.8) is 0 Å². The van der Waals surface area contributed by atoms with Gasteiger partial charge in [-0.05, 0) is 32.3 Å². The van der Waals surface area contributed by atoms with Crippen LogP contribution in [0.1, 0.15) is 37.8 Å². The van der Waals surface area contributed by atoms with E-state index in [1.807, 2.05) is 31.2 Å². The lowest BCUT2D eigenvalue weighted by molar-refractivity contribution is -0.125. The van der Waals surface area contributed by atoms with E-state index in [9.17, 15) is 4.79 Å². The van der Waals surface area contributed by atoms with Crippen LogP contribution in [-0.4, -0.2) is 13.0 Å². The number of carbonyl (C=O) groups excluding carboxylic acids is 1. The van der Waals surface area contributed by atoms with Crippen LogP contribution in [0.3, 0.4) is 0 Å². The average Bonchev–Trinajstić information content (AvgIpc) is 2.48. The number of hydrogen-bond acceptors (Lipinski definition) is 2. The molecule has 2 rings (SSSR count). The summed E-state index contributed by atoms with van der Waals surface area (Å²) in [5.74, 6) is 1.07. The average molecular weight is 259 g/mol. The Hall–Kier alpha value is -1.77. The van der Waals surface area contributed by atoms with Crippen molar-refractivity contribution in [2.75, 3.05) is 7.11 Å². The molecule has 1 aromatic carbocycles. The quantitative estimate of drug-likeness (QED) is 0.843. The number of allylic oxidation sites excluding steroid dienone is 2. The van der Waals surface area contributed by atoms with E-state index in [0.717, 1.165) is 30.6 Å². The zero-order valence-electron chi connectivity index (χ0n) is 11.6. The SMILES string of the molecule is COc1ccccc1[C@@H](C)NC(=O)[C@@H]1CC=CCC1. The minimum atomic E-state index is -0.0328. The molecule has 0 saturated heterocycles. The van der Waals surface area contributed by atoms with E-state index in [1.54, 1.807) is 7.11 Å². The Labute approximate surface area is 114 Å². The molecule has 0 radical (unpaired) electrons. The highest BCUT2D eigenvalue weighted by atomic mass is 16.5. The van der Waals surface area contributed by atoms with Crippen molar-refractivity contribution in [2.45, 2.75) is 32.2 Å². The smallest absolute Gasteiger partial charge is 0.223 e. The fourth-order valence-corrected chi connectivity index (χ4v) is 2.46. The molecule has 0 aromatic heterocycles. The molecule has 1 amide bonds. The molecule has 0 fully saturated rings. The second-order valence-electron chi connectivity index (χ2n) is 4.95. The van der Waals surface area contributed by atoms with Crippen LogP contribution >= 0.6 is 0 Å². The van der Waals surface area contributed by atoms with Crippen molar-refractivity contribution in [1.29, 1.82) is 0 Å². The Morgan fingerprint density at radius 3 is 2.84 bits per heavy atom. The molecule has 3 heteroatoms. The Morgan fingerprint density at radius 1 is 1.37 bits per heavy atom. The van der Waals surface area contributed by atoms with Gasteiger partial charge >= 0.3 is 0 Å². The van der Waals surface area contributed by atoms with Crippen LogP contribution in [-0.2, 0) is 4.79 Å². The molecule has 0 aliphatic heterocycles. The summed E-state index contributed by atoms with van der Waals surface area (Å²) in [6.07, 6.45) is 7.04. The number of methoxy groups -OCH3 is 1. The molecule has 19 heavy (non-hydrogen) atoms. The van der Waals surface area contributed by atoms with Crippen molar-refractivity contribution in [1.82, 2.24) is 5.32 Å². The van der Waals surface area contributed by atoms with E-state index < -0.39 is 0 Å². The third-order valence-corrected chi connectivity index (χ3v) is 3.60. The van der Waals surface area contributed by atoms with Gasteiger partial charge in [0.05, 0.1) is 13.2 Å². The fraction of sp³-hybridized carbons (Fsp3) is 0.438. The maximum Gasteiger partial charge on any atom is 0.223 e. The van der Waals surface area contributed by atoms with E-state index in [-0.39, 0.29) is 17.9 Å². The number of rotatable bonds is 4. The lowest BCUT2D eigenvalue weighted by Crippen LogP contribution is -2.33. The molecule has 0 bridgehead atoms. The summed E-state index contributed by atoms with van der Waals surface area (Å²) in [6.45, 7) is 1.99. The minimum absolute atomic E-state index is 0.0328. The van der Waals surface area contributed by atoms with Crippen LogP contribution in [0.25, 0.3) is 0 Å². The number of ether oxygens (including phenoxy) is 1. The van der Waals surface area contributed by atoms with E-state index >= 15 is 0 Å². The van der Waals surface area contributed by atoms with E-state index in [0.29, 0.717) is 0 Å². The molecule has 0 heterocycles. The van der Waals surface area contributed by atoms with Crippen LogP contribution in [0, 0.1) is 5.92 Å². The molecule has 1 aromatic rings. The van der Waals surface area contributed by atoms with Crippen LogP contribution < -0.4 is 10.1 Å². The van der Waals surface area contributed by atoms with Gasteiger partial charge in [0, 0.05) is 11.5 Å². The summed E-state index contributed by atoms with van der Waals surface area (Å²) in [5, 5.41) is 3.09.